The number of aromatic nitrogens is 4. The maximum Gasteiger partial charge on any atom is 0.119 e. The summed E-state index contributed by atoms with van der Waals surface area (Å²) >= 11 is 0. The van der Waals surface area contributed by atoms with Crippen LogP contribution in [0.15, 0.2) is 36.8 Å². The van der Waals surface area contributed by atoms with Crippen molar-refractivity contribution in [3.63, 3.8) is 0 Å². The molecule has 1 N–H and O–H groups in total. The van der Waals surface area contributed by atoms with E-state index in [0.29, 0.717) is 6.04 Å². The lowest BCUT2D eigenvalue weighted by Gasteiger charge is -2.34. The number of rotatable bonds is 5. The number of methoxy groups -OCH3 is 1. The van der Waals surface area contributed by atoms with Gasteiger partial charge in [-0.2, -0.15) is 5.10 Å². The zero-order valence-electron chi connectivity index (χ0n) is 15.6. The summed E-state index contributed by atoms with van der Waals surface area (Å²) in [5.41, 5.74) is 5.99. The molecule has 136 valence electrons. The van der Waals surface area contributed by atoms with Crippen LogP contribution in [-0.2, 0) is 13.0 Å². The lowest BCUT2D eigenvalue weighted by Crippen LogP contribution is -2.35. The van der Waals surface area contributed by atoms with Crippen LogP contribution in [0.3, 0.4) is 0 Å². The molecule has 3 heterocycles. The molecule has 0 saturated carbocycles. The van der Waals surface area contributed by atoms with Crippen LogP contribution in [0.5, 0.6) is 5.75 Å². The van der Waals surface area contributed by atoms with Crippen LogP contribution >= 0.6 is 0 Å². The van der Waals surface area contributed by atoms with E-state index in [9.17, 15) is 0 Å². The maximum atomic E-state index is 5.24. The third-order valence-electron chi connectivity index (χ3n) is 5.35. The second-order valence-electron chi connectivity index (χ2n) is 6.78. The molecule has 6 nitrogen and oxygen atoms in total. The van der Waals surface area contributed by atoms with Crippen molar-refractivity contribution in [2.45, 2.75) is 39.3 Å². The standard InChI is InChI=1S/C20H25N5O/c1-4-19-20-18(21-13-22-20)9-10-24(19)12-15-11-23-25(14(15)2)16-5-7-17(26-3)8-6-16/h5-8,11,13,19H,4,9-10,12H2,1-3H3,(H,21,22)/t19-/m0/s1. The van der Waals surface area contributed by atoms with E-state index in [4.69, 9.17) is 4.74 Å². The smallest absolute Gasteiger partial charge is 0.119 e. The van der Waals surface area contributed by atoms with Gasteiger partial charge in [-0.15, -0.1) is 0 Å². The van der Waals surface area contributed by atoms with Gasteiger partial charge in [0.05, 0.1) is 37.1 Å². The van der Waals surface area contributed by atoms with E-state index in [1.54, 1.807) is 7.11 Å². The Kier molecular flexibility index (Phi) is 4.51. The zero-order chi connectivity index (χ0) is 18.1. The van der Waals surface area contributed by atoms with E-state index in [0.717, 1.165) is 37.4 Å². The van der Waals surface area contributed by atoms with Crippen molar-refractivity contribution < 1.29 is 4.74 Å². The normalized spacial score (nSPS) is 17.3. The Morgan fingerprint density at radius 1 is 1.27 bits per heavy atom. The molecule has 0 aliphatic carbocycles. The fourth-order valence-corrected chi connectivity index (χ4v) is 3.85. The molecule has 1 aliphatic rings. The van der Waals surface area contributed by atoms with Gasteiger partial charge in [0.2, 0.25) is 0 Å². The Morgan fingerprint density at radius 2 is 2.08 bits per heavy atom. The summed E-state index contributed by atoms with van der Waals surface area (Å²) in [5.74, 6) is 0.854. The minimum absolute atomic E-state index is 0.369. The average molecular weight is 351 g/mol. The molecule has 0 unspecified atom stereocenters. The van der Waals surface area contributed by atoms with E-state index >= 15 is 0 Å². The van der Waals surface area contributed by atoms with Gasteiger partial charge in [-0.05, 0) is 37.6 Å². The summed E-state index contributed by atoms with van der Waals surface area (Å²) in [5, 5.41) is 4.62. The number of ether oxygens (including phenoxy) is 1. The van der Waals surface area contributed by atoms with E-state index in [1.165, 1.54) is 22.6 Å². The summed E-state index contributed by atoms with van der Waals surface area (Å²) < 4.78 is 7.24. The van der Waals surface area contributed by atoms with Crippen LogP contribution in [-0.4, -0.2) is 38.3 Å². The number of nitrogens with one attached hydrogen (secondary N) is 1. The molecule has 0 bridgehead atoms. The van der Waals surface area contributed by atoms with Crippen molar-refractivity contribution >= 4 is 0 Å². The number of hydrogen-bond acceptors (Lipinski definition) is 4. The third-order valence-corrected chi connectivity index (χ3v) is 5.35. The van der Waals surface area contributed by atoms with Crippen molar-refractivity contribution in [2.24, 2.45) is 0 Å². The first-order valence-electron chi connectivity index (χ1n) is 9.15. The summed E-state index contributed by atoms with van der Waals surface area (Å²) in [7, 11) is 1.68. The topological polar surface area (TPSA) is 59.0 Å². The molecule has 26 heavy (non-hydrogen) atoms. The van der Waals surface area contributed by atoms with E-state index < -0.39 is 0 Å². The highest BCUT2D eigenvalue weighted by Gasteiger charge is 2.28. The molecule has 0 radical (unpaired) electrons. The molecule has 0 fully saturated rings. The van der Waals surface area contributed by atoms with Gasteiger partial charge in [-0.3, -0.25) is 4.90 Å². The van der Waals surface area contributed by atoms with Crippen LogP contribution in [0.2, 0.25) is 0 Å². The molecule has 4 rings (SSSR count). The number of aromatic amines is 1. The SMILES string of the molecule is CC[C@H]1c2nc[nH]c2CCN1Cc1cnn(-c2ccc(OC)cc2)c1C. The van der Waals surface area contributed by atoms with Crippen molar-refractivity contribution in [2.75, 3.05) is 13.7 Å². The third kappa shape index (κ3) is 2.90. The van der Waals surface area contributed by atoms with E-state index in [-0.39, 0.29) is 0 Å². The van der Waals surface area contributed by atoms with Crippen LogP contribution in [0.25, 0.3) is 5.69 Å². The fraction of sp³-hybridized carbons (Fsp3) is 0.400. The number of benzene rings is 1. The van der Waals surface area contributed by atoms with Crippen LogP contribution < -0.4 is 4.74 Å². The molecule has 0 spiro atoms. The van der Waals surface area contributed by atoms with Gasteiger partial charge in [-0.25, -0.2) is 9.67 Å². The molecular formula is C20H25N5O. The monoisotopic (exact) mass is 351 g/mol. The van der Waals surface area contributed by atoms with Gasteiger partial charge in [0.1, 0.15) is 5.75 Å². The lowest BCUT2D eigenvalue weighted by atomic mass is 10.00. The van der Waals surface area contributed by atoms with Crippen molar-refractivity contribution in [3.8, 4) is 11.4 Å². The first-order chi connectivity index (χ1) is 12.7. The predicted octanol–water partition coefficient (Wildman–Crippen LogP) is 3.42. The van der Waals surface area contributed by atoms with Gasteiger partial charge < -0.3 is 9.72 Å². The minimum Gasteiger partial charge on any atom is -0.497 e. The number of nitrogens with zero attached hydrogens (tertiary/aromatic N) is 4. The highest BCUT2D eigenvalue weighted by molar-refractivity contribution is 5.39. The Morgan fingerprint density at radius 3 is 2.81 bits per heavy atom. The summed E-state index contributed by atoms with van der Waals surface area (Å²) in [4.78, 5) is 10.4. The summed E-state index contributed by atoms with van der Waals surface area (Å²) in [6.45, 7) is 6.31. The lowest BCUT2D eigenvalue weighted by molar-refractivity contribution is 0.167. The summed E-state index contributed by atoms with van der Waals surface area (Å²) in [6, 6.07) is 8.37. The molecule has 1 aliphatic heterocycles. The Labute approximate surface area is 153 Å². The highest BCUT2D eigenvalue weighted by atomic mass is 16.5. The van der Waals surface area contributed by atoms with Crippen LogP contribution in [0, 0.1) is 6.92 Å². The van der Waals surface area contributed by atoms with Crippen molar-refractivity contribution in [1.29, 1.82) is 0 Å². The van der Waals surface area contributed by atoms with Gasteiger partial charge in [-0.1, -0.05) is 6.92 Å². The maximum absolute atomic E-state index is 5.24. The molecule has 0 saturated heterocycles. The van der Waals surface area contributed by atoms with Crippen molar-refractivity contribution in [1.82, 2.24) is 24.6 Å². The van der Waals surface area contributed by atoms with Crippen molar-refractivity contribution in [3.05, 3.63) is 59.4 Å². The predicted molar refractivity (Wildman–Crippen MR) is 101 cm³/mol. The van der Waals surface area contributed by atoms with Gasteiger partial charge >= 0.3 is 0 Å². The summed E-state index contributed by atoms with van der Waals surface area (Å²) in [6.07, 6.45) is 5.90. The second-order valence-corrected chi connectivity index (χ2v) is 6.78. The van der Waals surface area contributed by atoms with Gasteiger partial charge in [0.15, 0.2) is 0 Å². The highest BCUT2D eigenvalue weighted by Crippen LogP contribution is 2.31. The van der Waals surface area contributed by atoms with Gasteiger partial charge in [0.25, 0.3) is 0 Å². The Bertz CT molecular complexity index is 880. The van der Waals surface area contributed by atoms with Gasteiger partial charge in [0, 0.05) is 36.5 Å². The minimum atomic E-state index is 0.369. The fourth-order valence-electron chi connectivity index (χ4n) is 3.85. The molecule has 0 amide bonds. The first kappa shape index (κ1) is 16.8. The zero-order valence-corrected chi connectivity index (χ0v) is 15.6. The van der Waals surface area contributed by atoms with E-state index in [2.05, 4.69) is 33.8 Å². The number of hydrogen-bond donors (Lipinski definition) is 1. The molecule has 2 aromatic heterocycles. The number of imidazole rings is 1. The number of fused-ring (bicyclic) bond motifs is 1. The molecule has 1 aromatic carbocycles. The molecule has 6 heteroatoms. The Hall–Kier alpha value is -2.60. The largest absolute Gasteiger partial charge is 0.497 e. The first-order valence-corrected chi connectivity index (χ1v) is 9.15. The Balaban J connectivity index is 1.57. The van der Waals surface area contributed by atoms with E-state index in [1.807, 2.05) is 41.5 Å². The molecule has 3 aromatic rings. The second kappa shape index (κ2) is 6.96. The molecular weight excluding hydrogens is 326 g/mol. The number of H-pyrrole nitrogens is 1. The molecule has 1 atom stereocenters. The van der Waals surface area contributed by atoms with Crippen LogP contribution in [0.4, 0.5) is 0 Å². The average Bonchev–Trinajstić information content (AvgIpc) is 3.29. The van der Waals surface area contributed by atoms with Crippen LogP contribution in [0.1, 0.15) is 42.0 Å². The quantitative estimate of drug-likeness (QED) is 0.765.